The molecule has 0 amide bonds. The minimum absolute atomic E-state index is 0.457. The summed E-state index contributed by atoms with van der Waals surface area (Å²) in [6.45, 7) is 7.56. The summed E-state index contributed by atoms with van der Waals surface area (Å²) >= 11 is 1.86. The van der Waals surface area contributed by atoms with Gasteiger partial charge in [-0.2, -0.15) is 0 Å². The van der Waals surface area contributed by atoms with E-state index in [2.05, 4.69) is 30.9 Å². The van der Waals surface area contributed by atoms with Gasteiger partial charge in [0.05, 0.1) is 5.60 Å². The number of thiophene rings is 1. The quantitative estimate of drug-likeness (QED) is 0.892. The molecule has 3 heteroatoms. The molecule has 1 aliphatic rings. The molecule has 0 radical (unpaired) electrons. The van der Waals surface area contributed by atoms with Crippen molar-refractivity contribution in [2.24, 2.45) is 0 Å². The number of aryl methyl sites for hydroxylation is 1. The van der Waals surface area contributed by atoms with Gasteiger partial charge in [-0.05, 0) is 37.9 Å². The maximum Gasteiger partial charge on any atom is 0.0720 e. The first kappa shape index (κ1) is 13.1. The van der Waals surface area contributed by atoms with Crippen molar-refractivity contribution in [3.05, 3.63) is 21.9 Å². The first-order valence-corrected chi connectivity index (χ1v) is 7.49. The second-order valence-corrected chi connectivity index (χ2v) is 6.31. The molecule has 0 atom stereocenters. The number of hydrogen-bond acceptors (Lipinski definition) is 3. The lowest BCUT2D eigenvalue weighted by atomic mass is 9.88. The van der Waals surface area contributed by atoms with Crippen molar-refractivity contribution in [3.63, 3.8) is 0 Å². The number of rotatable bonds is 4. The van der Waals surface area contributed by atoms with Gasteiger partial charge >= 0.3 is 0 Å². The first-order chi connectivity index (χ1) is 8.15. The molecule has 0 bridgehead atoms. The summed E-state index contributed by atoms with van der Waals surface area (Å²) in [6.07, 6.45) is 3.78. The lowest BCUT2D eigenvalue weighted by Gasteiger charge is -2.37. The van der Waals surface area contributed by atoms with Gasteiger partial charge in [0.25, 0.3) is 0 Å². The molecule has 0 saturated carbocycles. The zero-order valence-electron chi connectivity index (χ0n) is 10.9. The predicted molar refractivity (Wildman–Crippen MR) is 73.7 cm³/mol. The van der Waals surface area contributed by atoms with E-state index in [4.69, 9.17) is 0 Å². The van der Waals surface area contributed by atoms with E-state index in [0.717, 1.165) is 45.3 Å². The molecule has 2 nitrogen and oxygen atoms in total. The van der Waals surface area contributed by atoms with Crippen LogP contribution in [0.1, 0.15) is 36.4 Å². The van der Waals surface area contributed by atoms with Crippen molar-refractivity contribution < 1.29 is 5.11 Å². The second kappa shape index (κ2) is 5.51. The van der Waals surface area contributed by atoms with Crippen molar-refractivity contribution >= 4 is 11.3 Å². The molecular weight excluding hydrogens is 230 g/mol. The Balaban J connectivity index is 1.94. The van der Waals surface area contributed by atoms with E-state index in [0.29, 0.717) is 0 Å². The van der Waals surface area contributed by atoms with Gasteiger partial charge in [-0.1, -0.05) is 13.8 Å². The topological polar surface area (TPSA) is 23.5 Å². The van der Waals surface area contributed by atoms with E-state index in [1.54, 1.807) is 0 Å². The van der Waals surface area contributed by atoms with Crippen molar-refractivity contribution in [3.8, 4) is 0 Å². The Labute approximate surface area is 108 Å². The van der Waals surface area contributed by atoms with Crippen LogP contribution in [0.2, 0.25) is 0 Å². The molecule has 2 rings (SSSR count). The van der Waals surface area contributed by atoms with Gasteiger partial charge in [0.2, 0.25) is 0 Å². The van der Waals surface area contributed by atoms with Crippen LogP contribution in [0.3, 0.4) is 0 Å². The summed E-state index contributed by atoms with van der Waals surface area (Å²) in [5.74, 6) is 0. The van der Waals surface area contributed by atoms with Crippen LogP contribution in [-0.2, 0) is 12.8 Å². The highest BCUT2D eigenvalue weighted by molar-refractivity contribution is 7.12. The first-order valence-electron chi connectivity index (χ1n) is 6.67. The van der Waals surface area contributed by atoms with E-state index in [1.807, 2.05) is 11.3 Å². The van der Waals surface area contributed by atoms with Crippen LogP contribution in [0, 0.1) is 0 Å². The van der Waals surface area contributed by atoms with Crippen molar-refractivity contribution in [1.82, 2.24) is 4.90 Å². The molecule has 1 N–H and O–H groups in total. The lowest BCUT2D eigenvalue weighted by Crippen LogP contribution is -2.45. The van der Waals surface area contributed by atoms with Crippen molar-refractivity contribution in [1.29, 1.82) is 0 Å². The molecule has 0 spiro atoms. The molecule has 1 aromatic heterocycles. The SMILES string of the molecule is CCc1ccc(CC2(O)CCN(CC)CC2)s1. The predicted octanol–water partition coefficient (Wildman–Crippen LogP) is 2.70. The minimum Gasteiger partial charge on any atom is -0.389 e. The Bertz CT molecular complexity index is 353. The smallest absolute Gasteiger partial charge is 0.0720 e. The highest BCUT2D eigenvalue weighted by Gasteiger charge is 2.32. The van der Waals surface area contributed by atoms with Crippen LogP contribution in [0.5, 0.6) is 0 Å². The highest BCUT2D eigenvalue weighted by Crippen LogP contribution is 2.29. The highest BCUT2D eigenvalue weighted by atomic mass is 32.1. The van der Waals surface area contributed by atoms with Gasteiger partial charge in [-0.3, -0.25) is 0 Å². The van der Waals surface area contributed by atoms with Crippen LogP contribution in [0.15, 0.2) is 12.1 Å². The van der Waals surface area contributed by atoms with E-state index in [1.165, 1.54) is 9.75 Å². The Morgan fingerprint density at radius 3 is 2.41 bits per heavy atom. The van der Waals surface area contributed by atoms with Gasteiger partial charge in [-0.25, -0.2) is 0 Å². The van der Waals surface area contributed by atoms with Crippen LogP contribution >= 0.6 is 11.3 Å². The van der Waals surface area contributed by atoms with Gasteiger partial charge in [0, 0.05) is 29.3 Å². The number of piperidine rings is 1. The molecule has 17 heavy (non-hydrogen) atoms. The summed E-state index contributed by atoms with van der Waals surface area (Å²) in [5, 5.41) is 10.6. The van der Waals surface area contributed by atoms with Crippen LogP contribution < -0.4 is 0 Å². The molecule has 2 heterocycles. The Morgan fingerprint density at radius 1 is 1.24 bits per heavy atom. The van der Waals surface area contributed by atoms with Crippen LogP contribution in [0.4, 0.5) is 0 Å². The monoisotopic (exact) mass is 253 g/mol. The molecule has 1 aromatic rings. The molecule has 0 aromatic carbocycles. The van der Waals surface area contributed by atoms with E-state index >= 15 is 0 Å². The molecule has 1 fully saturated rings. The molecule has 0 unspecified atom stereocenters. The van der Waals surface area contributed by atoms with Gasteiger partial charge in [0.1, 0.15) is 0 Å². The summed E-state index contributed by atoms with van der Waals surface area (Å²) in [7, 11) is 0. The van der Waals surface area contributed by atoms with Crippen molar-refractivity contribution in [2.45, 2.75) is 45.1 Å². The molecule has 1 aliphatic heterocycles. The third-order valence-corrected chi connectivity index (χ3v) is 5.03. The van der Waals surface area contributed by atoms with Gasteiger partial charge in [0.15, 0.2) is 0 Å². The largest absolute Gasteiger partial charge is 0.389 e. The Kier molecular flexibility index (Phi) is 4.23. The van der Waals surface area contributed by atoms with E-state index in [-0.39, 0.29) is 0 Å². The number of aliphatic hydroxyl groups is 1. The fraction of sp³-hybridized carbons (Fsp3) is 0.714. The standard InChI is InChI=1S/C14H23NOS/c1-3-12-5-6-13(17-12)11-14(16)7-9-15(4-2)10-8-14/h5-6,16H,3-4,7-11H2,1-2H3. The maximum atomic E-state index is 10.6. The normalized spacial score (nSPS) is 20.6. The van der Waals surface area contributed by atoms with E-state index < -0.39 is 5.60 Å². The molecular formula is C14H23NOS. The second-order valence-electron chi connectivity index (χ2n) is 5.06. The summed E-state index contributed by atoms with van der Waals surface area (Å²) in [5.41, 5.74) is -0.457. The summed E-state index contributed by atoms with van der Waals surface area (Å²) < 4.78 is 0. The van der Waals surface area contributed by atoms with Crippen molar-refractivity contribution in [2.75, 3.05) is 19.6 Å². The summed E-state index contributed by atoms with van der Waals surface area (Å²) in [4.78, 5) is 5.18. The third kappa shape index (κ3) is 3.30. The van der Waals surface area contributed by atoms with E-state index in [9.17, 15) is 5.11 Å². The molecule has 1 saturated heterocycles. The Morgan fingerprint density at radius 2 is 1.88 bits per heavy atom. The lowest BCUT2D eigenvalue weighted by molar-refractivity contribution is -0.0188. The molecule has 0 aliphatic carbocycles. The fourth-order valence-corrected chi connectivity index (χ4v) is 3.59. The average molecular weight is 253 g/mol. The van der Waals surface area contributed by atoms with Crippen LogP contribution in [-0.4, -0.2) is 35.2 Å². The number of likely N-dealkylation sites (tertiary alicyclic amines) is 1. The zero-order chi connectivity index (χ0) is 12.3. The minimum atomic E-state index is -0.457. The van der Waals surface area contributed by atoms with Crippen LogP contribution in [0.25, 0.3) is 0 Å². The zero-order valence-corrected chi connectivity index (χ0v) is 11.7. The third-order valence-electron chi connectivity index (χ3n) is 3.80. The fourth-order valence-electron chi connectivity index (χ4n) is 2.49. The van der Waals surface area contributed by atoms with Gasteiger partial charge < -0.3 is 10.0 Å². The number of nitrogens with zero attached hydrogens (tertiary/aromatic N) is 1. The average Bonchev–Trinajstić information content (AvgIpc) is 2.77. The van der Waals surface area contributed by atoms with Gasteiger partial charge in [-0.15, -0.1) is 11.3 Å². The maximum absolute atomic E-state index is 10.6. The Hall–Kier alpha value is -0.380. The molecule has 96 valence electrons. The number of hydrogen-bond donors (Lipinski definition) is 1. The summed E-state index contributed by atoms with van der Waals surface area (Å²) in [6, 6.07) is 4.39.